The van der Waals surface area contributed by atoms with Gasteiger partial charge in [0.15, 0.2) is 11.6 Å². The zero-order valence-electron chi connectivity index (χ0n) is 10.7. The Hall–Kier alpha value is -2.00. The molecule has 0 fully saturated rings. The van der Waals surface area contributed by atoms with Crippen molar-refractivity contribution in [2.75, 3.05) is 0 Å². The maximum absolute atomic E-state index is 13.7. The van der Waals surface area contributed by atoms with Crippen molar-refractivity contribution in [2.24, 2.45) is 0 Å². The second-order valence-electron chi connectivity index (χ2n) is 4.05. The highest BCUT2D eigenvalue weighted by atomic mass is 79.9. The van der Waals surface area contributed by atoms with Crippen LogP contribution in [0.25, 0.3) is 0 Å². The Kier molecular flexibility index (Phi) is 4.64. The number of aromatic nitrogens is 2. The lowest BCUT2D eigenvalue weighted by atomic mass is 10.2. The van der Waals surface area contributed by atoms with E-state index in [4.69, 9.17) is 10.00 Å². The van der Waals surface area contributed by atoms with Gasteiger partial charge in [0.2, 0.25) is 5.88 Å². The lowest BCUT2D eigenvalue weighted by Crippen LogP contribution is -1.98. The first kappa shape index (κ1) is 14.4. The molecule has 0 saturated carbocycles. The summed E-state index contributed by atoms with van der Waals surface area (Å²) >= 11 is 3.27. The van der Waals surface area contributed by atoms with Crippen LogP contribution in [0, 0.1) is 17.1 Å². The molecule has 2 rings (SSSR count). The van der Waals surface area contributed by atoms with Gasteiger partial charge < -0.3 is 4.74 Å². The van der Waals surface area contributed by atoms with Gasteiger partial charge in [-0.15, -0.1) is 0 Å². The Morgan fingerprint density at radius 1 is 1.35 bits per heavy atom. The first-order valence-corrected chi connectivity index (χ1v) is 6.82. The summed E-state index contributed by atoms with van der Waals surface area (Å²) in [6.45, 7) is 2.02. The SMILES string of the molecule is CCCc1nc(Br)cc(Oc2ccc(C#N)cc2F)n1. The Balaban J connectivity index is 2.28. The van der Waals surface area contributed by atoms with Crippen LogP contribution in [0.15, 0.2) is 28.9 Å². The number of hydrogen-bond acceptors (Lipinski definition) is 4. The molecule has 20 heavy (non-hydrogen) atoms. The molecule has 0 atom stereocenters. The molecule has 6 heteroatoms. The summed E-state index contributed by atoms with van der Waals surface area (Å²) in [5.41, 5.74) is 0.241. The summed E-state index contributed by atoms with van der Waals surface area (Å²) in [5, 5.41) is 8.69. The van der Waals surface area contributed by atoms with Crippen LogP contribution in [-0.4, -0.2) is 9.97 Å². The van der Waals surface area contributed by atoms with Gasteiger partial charge in [-0.3, -0.25) is 0 Å². The number of hydrogen-bond donors (Lipinski definition) is 0. The van der Waals surface area contributed by atoms with E-state index in [2.05, 4.69) is 25.9 Å². The van der Waals surface area contributed by atoms with E-state index in [1.165, 1.54) is 12.1 Å². The third kappa shape index (κ3) is 3.52. The van der Waals surface area contributed by atoms with Crippen LogP contribution >= 0.6 is 15.9 Å². The zero-order chi connectivity index (χ0) is 14.5. The Morgan fingerprint density at radius 3 is 2.80 bits per heavy atom. The molecule has 1 aromatic heterocycles. The van der Waals surface area contributed by atoms with Crippen molar-refractivity contribution in [3.8, 4) is 17.7 Å². The van der Waals surface area contributed by atoms with Crippen LogP contribution in [0.4, 0.5) is 4.39 Å². The van der Waals surface area contributed by atoms with Crippen molar-refractivity contribution < 1.29 is 9.13 Å². The lowest BCUT2D eigenvalue weighted by molar-refractivity contribution is 0.423. The number of benzene rings is 1. The van der Waals surface area contributed by atoms with Gasteiger partial charge in [0.1, 0.15) is 10.4 Å². The molecule has 2 aromatic rings. The third-order valence-electron chi connectivity index (χ3n) is 2.47. The molecule has 1 aromatic carbocycles. The molecule has 0 aliphatic heterocycles. The summed E-state index contributed by atoms with van der Waals surface area (Å²) in [6.07, 6.45) is 1.62. The number of nitriles is 1. The van der Waals surface area contributed by atoms with E-state index in [0.29, 0.717) is 16.8 Å². The standard InChI is InChI=1S/C14H11BrFN3O/c1-2-3-13-18-12(15)7-14(19-13)20-11-5-4-9(8-17)6-10(11)16/h4-7H,2-3H2,1H3. The average molecular weight is 336 g/mol. The molecule has 0 bridgehead atoms. The monoisotopic (exact) mass is 335 g/mol. The first-order chi connectivity index (χ1) is 9.62. The number of ether oxygens (including phenoxy) is 1. The van der Waals surface area contributed by atoms with Crippen molar-refractivity contribution in [2.45, 2.75) is 19.8 Å². The maximum atomic E-state index is 13.7. The zero-order valence-corrected chi connectivity index (χ0v) is 12.3. The fourth-order valence-corrected chi connectivity index (χ4v) is 2.00. The minimum atomic E-state index is -0.601. The molecule has 102 valence electrons. The molecule has 1 heterocycles. The molecule has 0 spiro atoms. The van der Waals surface area contributed by atoms with Crippen LogP contribution in [0.5, 0.6) is 11.6 Å². The normalized spacial score (nSPS) is 10.1. The highest BCUT2D eigenvalue weighted by Crippen LogP contribution is 2.25. The lowest BCUT2D eigenvalue weighted by Gasteiger charge is -2.07. The summed E-state index contributed by atoms with van der Waals surface area (Å²) in [4.78, 5) is 8.41. The van der Waals surface area contributed by atoms with E-state index in [-0.39, 0.29) is 17.2 Å². The first-order valence-electron chi connectivity index (χ1n) is 6.03. The molecular formula is C14H11BrFN3O. The molecule has 0 saturated heterocycles. The molecule has 0 radical (unpaired) electrons. The topological polar surface area (TPSA) is 58.8 Å². The van der Waals surface area contributed by atoms with Gasteiger partial charge in [0.05, 0.1) is 11.6 Å². The molecule has 0 aliphatic rings. The number of nitrogens with zero attached hydrogens (tertiary/aromatic N) is 3. The average Bonchev–Trinajstić information content (AvgIpc) is 2.41. The van der Waals surface area contributed by atoms with Crippen LogP contribution < -0.4 is 4.74 Å². The fourth-order valence-electron chi connectivity index (χ4n) is 1.60. The third-order valence-corrected chi connectivity index (χ3v) is 2.87. The van der Waals surface area contributed by atoms with Gasteiger partial charge in [-0.05, 0) is 40.5 Å². The Labute approximate surface area is 124 Å². The molecule has 4 nitrogen and oxygen atoms in total. The van der Waals surface area contributed by atoms with Crippen LogP contribution in [0.1, 0.15) is 24.7 Å². The highest BCUT2D eigenvalue weighted by molar-refractivity contribution is 9.10. The summed E-state index contributed by atoms with van der Waals surface area (Å²) in [7, 11) is 0. The van der Waals surface area contributed by atoms with Gasteiger partial charge in [0.25, 0.3) is 0 Å². The van der Waals surface area contributed by atoms with Gasteiger partial charge in [0, 0.05) is 12.5 Å². The minimum Gasteiger partial charge on any atom is -0.436 e. The van der Waals surface area contributed by atoms with Crippen LogP contribution in [-0.2, 0) is 6.42 Å². The fraction of sp³-hybridized carbons (Fsp3) is 0.214. The second-order valence-corrected chi connectivity index (χ2v) is 4.87. The quantitative estimate of drug-likeness (QED) is 0.792. The summed E-state index contributed by atoms with van der Waals surface area (Å²) < 4.78 is 19.7. The second kappa shape index (κ2) is 6.44. The smallest absolute Gasteiger partial charge is 0.223 e. The van der Waals surface area contributed by atoms with Crippen molar-refractivity contribution >= 4 is 15.9 Å². The van der Waals surface area contributed by atoms with Crippen molar-refractivity contribution in [1.29, 1.82) is 5.26 Å². The minimum absolute atomic E-state index is 0.0250. The highest BCUT2D eigenvalue weighted by Gasteiger charge is 2.09. The molecule has 0 N–H and O–H groups in total. The van der Waals surface area contributed by atoms with E-state index in [1.54, 1.807) is 6.07 Å². The predicted octanol–water partition coefficient (Wildman–Crippen LogP) is 3.99. The van der Waals surface area contributed by atoms with E-state index in [0.717, 1.165) is 12.5 Å². The number of halogens is 2. The van der Waals surface area contributed by atoms with Gasteiger partial charge in [-0.25, -0.2) is 9.37 Å². The molecular weight excluding hydrogens is 325 g/mol. The number of aryl methyl sites for hydroxylation is 1. The van der Waals surface area contributed by atoms with E-state index in [9.17, 15) is 4.39 Å². The predicted molar refractivity (Wildman–Crippen MR) is 74.9 cm³/mol. The largest absolute Gasteiger partial charge is 0.436 e. The molecule has 0 unspecified atom stereocenters. The Bertz CT molecular complexity index is 670. The van der Waals surface area contributed by atoms with Gasteiger partial charge >= 0.3 is 0 Å². The Morgan fingerprint density at radius 2 is 2.15 bits per heavy atom. The maximum Gasteiger partial charge on any atom is 0.223 e. The van der Waals surface area contributed by atoms with Crippen molar-refractivity contribution in [3.05, 3.63) is 46.1 Å². The van der Waals surface area contributed by atoms with Crippen LogP contribution in [0.3, 0.4) is 0 Å². The van der Waals surface area contributed by atoms with Crippen molar-refractivity contribution in [1.82, 2.24) is 9.97 Å². The van der Waals surface area contributed by atoms with E-state index < -0.39 is 5.82 Å². The van der Waals surface area contributed by atoms with Gasteiger partial charge in [-0.1, -0.05) is 6.92 Å². The summed E-state index contributed by atoms with van der Waals surface area (Å²) in [5.74, 6) is 0.317. The van der Waals surface area contributed by atoms with Gasteiger partial charge in [-0.2, -0.15) is 10.2 Å². The van der Waals surface area contributed by atoms with E-state index in [1.807, 2.05) is 13.0 Å². The molecule has 0 aliphatic carbocycles. The summed E-state index contributed by atoms with van der Waals surface area (Å²) in [6, 6.07) is 7.45. The van der Waals surface area contributed by atoms with Crippen molar-refractivity contribution in [3.63, 3.8) is 0 Å². The van der Waals surface area contributed by atoms with E-state index >= 15 is 0 Å². The van der Waals surface area contributed by atoms with Crippen LogP contribution in [0.2, 0.25) is 0 Å². The number of rotatable bonds is 4. The molecule has 0 amide bonds.